The SMILES string of the molecule is O[C@@H]1CCCN(Cc2ncccn2)C1. The van der Waals surface area contributed by atoms with Crippen molar-refractivity contribution < 1.29 is 5.11 Å². The quantitative estimate of drug-likeness (QED) is 0.740. The van der Waals surface area contributed by atoms with E-state index in [1.54, 1.807) is 12.4 Å². The molecule has 0 bridgehead atoms. The molecule has 0 amide bonds. The summed E-state index contributed by atoms with van der Waals surface area (Å²) < 4.78 is 0. The summed E-state index contributed by atoms with van der Waals surface area (Å²) in [5.41, 5.74) is 0. The predicted molar refractivity (Wildman–Crippen MR) is 52.5 cm³/mol. The van der Waals surface area contributed by atoms with Crippen LogP contribution < -0.4 is 0 Å². The van der Waals surface area contributed by atoms with Gasteiger partial charge in [0.1, 0.15) is 5.82 Å². The summed E-state index contributed by atoms with van der Waals surface area (Å²) in [7, 11) is 0. The normalized spacial score (nSPS) is 23.6. The molecule has 76 valence electrons. The van der Waals surface area contributed by atoms with Gasteiger partial charge in [0, 0.05) is 18.9 Å². The zero-order chi connectivity index (χ0) is 9.80. The Balaban J connectivity index is 1.91. The van der Waals surface area contributed by atoms with E-state index in [4.69, 9.17) is 0 Å². The summed E-state index contributed by atoms with van der Waals surface area (Å²) in [6.07, 6.45) is 5.32. The number of rotatable bonds is 2. The highest BCUT2D eigenvalue weighted by atomic mass is 16.3. The second-order valence-electron chi connectivity index (χ2n) is 3.70. The van der Waals surface area contributed by atoms with E-state index in [-0.39, 0.29) is 6.10 Å². The predicted octanol–water partition coefficient (Wildman–Crippen LogP) is 0.433. The van der Waals surface area contributed by atoms with Crippen molar-refractivity contribution in [2.24, 2.45) is 0 Å². The van der Waals surface area contributed by atoms with Crippen LogP contribution >= 0.6 is 0 Å². The van der Waals surface area contributed by atoms with Gasteiger partial charge in [-0.15, -0.1) is 0 Å². The van der Waals surface area contributed by atoms with Crippen LogP contribution in [0.25, 0.3) is 0 Å². The smallest absolute Gasteiger partial charge is 0.142 e. The maximum Gasteiger partial charge on any atom is 0.142 e. The van der Waals surface area contributed by atoms with E-state index in [1.807, 2.05) is 6.07 Å². The van der Waals surface area contributed by atoms with Gasteiger partial charge in [-0.3, -0.25) is 4.90 Å². The van der Waals surface area contributed by atoms with Crippen molar-refractivity contribution in [1.82, 2.24) is 14.9 Å². The number of aliphatic hydroxyl groups excluding tert-OH is 1. The van der Waals surface area contributed by atoms with Gasteiger partial charge in [-0.1, -0.05) is 0 Å². The highest BCUT2D eigenvalue weighted by Gasteiger charge is 2.17. The molecule has 1 N–H and O–H groups in total. The minimum atomic E-state index is -0.174. The number of β-amino-alcohol motifs (C(OH)–C–C–N with tert-alkyl or cyclic N) is 1. The van der Waals surface area contributed by atoms with Crippen LogP contribution in [-0.4, -0.2) is 39.2 Å². The molecule has 4 heteroatoms. The van der Waals surface area contributed by atoms with Crippen molar-refractivity contribution in [2.75, 3.05) is 13.1 Å². The Labute approximate surface area is 83.6 Å². The van der Waals surface area contributed by atoms with E-state index in [9.17, 15) is 5.11 Å². The van der Waals surface area contributed by atoms with Crippen molar-refractivity contribution >= 4 is 0 Å². The van der Waals surface area contributed by atoms with Crippen molar-refractivity contribution in [3.8, 4) is 0 Å². The summed E-state index contributed by atoms with van der Waals surface area (Å²) in [5.74, 6) is 0.835. The number of aliphatic hydroxyl groups is 1. The largest absolute Gasteiger partial charge is 0.392 e. The second-order valence-corrected chi connectivity index (χ2v) is 3.70. The first kappa shape index (κ1) is 9.55. The molecule has 2 heterocycles. The van der Waals surface area contributed by atoms with Gasteiger partial charge in [0.25, 0.3) is 0 Å². The Morgan fingerprint density at radius 1 is 1.43 bits per heavy atom. The monoisotopic (exact) mass is 193 g/mol. The maximum atomic E-state index is 9.48. The van der Waals surface area contributed by atoms with Crippen LogP contribution in [0.5, 0.6) is 0 Å². The topological polar surface area (TPSA) is 49.2 Å². The Hall–Kier alpha value is -1.00. The minimum Gasteiger partial charge on any atom is -0.392 e. The van der Waals surface area contributed by atoms with Gasteiger partial charge in [0.2, 0.25) is 0 Å². The molecule has 0 aromatic carbocycles. The van der Waals surface area contributed by atoms with Crippen LogP contribution in [0.2, 0.25) is 0 Å². The molecule has 0 unspecified atom stereocenters. The van der Waals surface area contributed by atoms with E-state index in [0.717, 1.165) is 38.3 Å². The molecule has 1 aromatic rings. The number of likely N-dealkylation sites (tertiary alicyclic amines) is 1. The molecule has 4 nitrogen and oxygen atoms in total. The van der Waals surface area contributed by atoms with E-state index in [1.165, 1.54) is 0 Å². The van der Waals surface area contributed by atoms with Crippen molar-refractivity contribution in [3.05, 3.63) is 24.3 Å². The molecule has 2 rings (SSSR count). The summed E-state index contributed by atoms with van der Waals surface area (Å²) >= 11 is 0. The molecule has 0 aliphatic carbocycles. The van der Waals surface area contributed by atoms with Crippen molar-refractivity contribution in [3.63, 3.8) is 0 Å². The fourth-order valence-corrected chi connectivity index (χ4v) is 1.79. The Kier molecular flexibility index (Phi) is 3.06. The molecule has 0 radical (unpaired) electrons. The minimum absolute atomic E-state index is 0.174. The summed E-state index contributed by atoms with van der Waals surface area (Å²) in [6, 6.07) is 1.81. The van der Waals surface area contributed by atoms with Crippen LogP contribution in [0.1, 0.15) is 18.7 Å². The molecule has 1 aliphatic heterocycles. The Morgan fingerprint density at radius 2 is 2.21 bits per heavy atom. The van der Waals surface area contributed by atoms with Gasteiger partial charge in [-0.2, -0.15) is 0 Å². The standard InChI is InChI=1S/C10H15N3O/c14-9-3-1-6-13(7-9)8-10-11-4-2-5-12-10/h2,4-5,9,14H,1,3,6-8H2/t9-/m1/s1. The van der Waals surface area contributed by atoms with Gasteiger partial charge in [0.05, 0.1) is 12.6 Å². The van der Waals surface area contributed by atoms with Gasteiger partial charge < -0.3 is 5.11 Å². The molecule has 1 atom stereocenters. The van der Waals surface area contributed by atoms with E-state index in [0.29, 0.717) is 0 Å². The first-order valence-electron chi connectivity index (χ1n) is 5.01. The van der Waals surface area contributed by atoms with Crippen LogP contribution in [-0.2, 0) is 6.54 Å². The Morgan fingerprint density at radius 3 is 2.93 bits per heavy atom. The van der Waals surface area contributed by atoms with Crippen molar-refractivity contribution in [2.45, 2.75) is 25.5 Å². The molecular formula is C10H15N3O. The van der Waals surface area contributed by atoms with Crippen LogP contribution in [0, 0.1) is 0 Å². The lowest BCUT2D eigenvalue weighted by atomic mass is 10.1. The third kappa shape index (κ3) is 2.49. The molecule has 1 saturated heterocycles. The lowest BCUT2D eigenvalue weighted by Crippen LogP contribution is -2.38. The number of nitrogens with zero attached hydrogens (tertiary/aromatic N) is 3. The fourth-order valence-electron chi connectivity index (χ4n) is 1.79. The van der Waals surface area contributed by atoms with Crippen LogP contribution in [0.3, 0.4) is 0 Å². The number of piperidine rings is 1. The molecule has 0 spiro atoms. The van der Waals surface area contributed by atoms with Gasteiger partial charge in [-0.25, -0.2) is 9.97 Å². The third-order valence-electron chi connectivity index (χ3n) is 2.46. The number of hydrogen-bond donors (Lipinski definition) is 1. The van der Waals surface area contributed by atoms with E-state index in [2.05, 4.69) is 14.9 Å². The molecule has 1 aliphatic rings. The second kappa shape index (κ2) is 4.48. The third-order valence-corrected chi connectivity index (χ3v) is 2.46. The zero-order valence-electron chi connectivity index (χ0n) is 8.13. The first-order valence-corrected chi connectivity index (χ1v) is 5.01. The Bertz CT molecular complexity index is 278. The van der Waals surface area contributed by atoms with Gasteiger partial charge in [-0.05, 0) is 25.5 Å². The molecular weight excluding hydrogens is 178 g/mol. The van der Waals surface area contributed by atoms with Gasteiger partial charge >= 0.3 is 0 Å². The highest BCUT2D eigenvalue weighted by molar-refractivity contribution is 4.89. The molecule has 14 heavy (non-hydrogen) atoms. The van der Waals surface area contributed by atoms with E-state index >= 15 is 0 Å². The average Bonchev–Trinajstić information content (AvgIpc) is 2.19. The first-order chi connectivity index (χ1) is 6.84. The van der Waals surface area contributed by atoms with Crippen LogP contribution in [0.15, 0.2) is 18.5 Å². The summed E-state index contributed by atoms with van der Waals surface area (Å²) in [6.45, 7) is 2.53. The van der Waals surface area contributed by atoms with Gasteiger partial charge in [0.15, 0.2) is 0 Å². The number of hydrogen-bond acceptors (Lipinski definition) is 4. The lowest BCUT2D eigenvalue weighted by molar-refractivity contribution is 0.0655. The summed E-state index contributed by atoms with van der Waals surface area (Å²) in [4.78, 5) is 10.5. The number of aromatic nitrogens is 2. The summed E-state index contributed by atoms with van der Waals surface area (Å²) in [5, 5.41) is 9.48. The van der Waals surface area contributed by atoms with Crippen LogP contribution in [0.4, 0.5) is 0 Å². The highest BCUT2D eigenvalue weighted by Crippen LogP contribution is 2.11. The molecule has 0 saturated carbocycles. The molecule has 1 aromatic heterocycles. The molecule has 1 fully saturated rings. The maximum absolute atomic E-state index is 9.48. The zero-order valence-corrected chi connectivity index (χ0v) is 8.13. The fraction of sp³-hybridized carbons (Fsp3) is 0.600. The van der Waals surface area contributed by atoms with Crippen molar-refractivity contribution in [1.29, 1.82) is 0 Å². The average molecular weight is 193 g/mol. The lowest BCUT2D eigenvalue weighted by Gasteiger charge is -2.29. The van der Waals surface area contributed by atoms with E-state index < -0.39 is 0 Å².